The summed E-state index contributed by atoms with van der Waals surface area (Å²) in [6.45, 7) is 6.23. The molecular weight excluding hydrogens is 255 g/mol. The highest BCUT2D eigenvalue weighted by molar-refractivity contribution is 5.62. The Kier molecular flexibility index (Phi) is 2.78. The molecule has 0 amide bonds. The van der Waals surface area contributed by atoms with E-state index >= 15 is 0 Å². The molecule has 0 atom stereocenters. The molecule has 1 N–H and O–H groups in total. The van der Waals surface area contributed by atoms with Crippen LogP contribution in [0.25, 0.3) is 16.9 Å². The van der Waals surface area contributed by atoms with Crippen LogP contribution in [-0.4, -0.2) is 19.8 Å². The fourth-order valence-electron chi connectivity index (χ4n) is 2.11. The predicted octanol–water partition coefficient (Wildman–Crippen LogP) is 3.28. The smallest absolute Gasteiger partial charge is 0.155 e. The molecule has 1 aromatic carbocycles. The number of hydrogen-bond acceptors (Lipinski definition) is 2. The number of hydrogen-bond donors (Lipinski definition) is 1. The van der Waals surface area contributed by atoms with Gasteiger partial charge in [0.05, 0.1) is 11.9 Å². The maximum atomic E-state index is 13.8. The predicted molar refractivity (Wildman–Crippen MR) is 77.7 cm³/mol. The molecule has 0 unspecified atom stereocenters. The minimum atomic E-state index is -0.261. The van der Waals surface area contributed by atoms with Crippen LogP contribution in [0.2, 0.25) is 0 Å². The summed E-state index contributed by atoms with van der Waals surface area (Å²) in [6, 6.07) is 8.56. The molecule has 3 rings (SSSR count). The highest BCUT2D eigenvalue weighted by Crippen LogP contribution is 2.22. The molecule has 0 aliphatic carbocycles. The average Bonchev–Trinajstić information content (AvgIpc) is 2.90. The molecule has 104 valence electrons. The Morgan fingerprint density at radius 1 is 1.15 bits per heavy atom. The molecule has 2 heterocycles. The van der Waals surface area contributed by atoms with Gasteiger partial charge in [0.25, 0.3) is 0 Å². The lowest BCUT2D eigenvalue weighted by molar-refractivity contribution is 0.512. The van der Waals surface area contributed by atoms with Crippen molar-refractivity contribution in [3.05, 3.63) is 48.5 Å². The standard InChI is InChI=1S/C15H17FN4/c1-15(2,3)18-20-9-8-14-17-13(10-19(14)20)11-6-4-5-7-12(11)16/h4-10,18H,1-3H3. The number of benzene rings is 1. The van der Waals surface area contributed by atoms with E-state index in [0.717, 1.165) is 5.65 Å². The van der Waals surface area contributed by atoms with Crippen LogP contribution in [0.4, 0.5) is 4.39 Å². The van der Waals surface area contributed by atoms with E-state index in [1.807, 2.05) is 33.8 Å². The molecule has 0 saturated heterocycles. The number of nitrogens with one attached hydrogen (secondary N) is 1. The summed E-state index contributed by atoms with van der Waals surface area (Å²) in [5.74, 6) is -0.261. The number of aromatic nitrogens is 3. The Morgan fingerprint density at radius 2 is 1.90 bits per heavy atom. The van der Waals surface area contributed by atoms with Crippen LogP contribution in [-0.2, 0) is 0 Å². The zero-order valence-corrected chi connectivity index (χ0v) is 11.8. The quantitative estimate of drug-likeness (QED) is 0.777. The molecule has 2 aromatic heterocycles. The van der Waals surface area contributed by atoms with Crippen LogP contribution >= 0.6 is 0 Å². The Morgan fingerprint density at radius 3 is 2.60 bits per heavy atom. The van der Waals surface area contributed by atoms with E-state index in [4.69, 9.17) is 0 Å². The minimum absolute atomic E-state index is 0.0750. The first kappa shape index (κ1) is 12.7. The highest BCUT2D eigenvalue weighted by atomic mass is 19.1. The fraction of sp³-hybridized carbons (Fsp3) is 0.267. The van der Waals surface area contributed by atoms with Crippen molar-refractivity contribution in [3.8, 4) is 11.3 Å². The van der Waals surface area contributed by atoms with Crippen LogP contribution in [0.3, 0.4) is 0 Å². The van der Waals surface area contributed by atoms with Gasteiger partial charge in [-0.3, -0.25) is 0 Å². The monoisotopic (exact) mass is 272 g/mol. The second-order valence-corrected chi connectivity index (χ2v) is 5.83. The Bertz CT molecular complexity index is 749. The van der Waals surface area contributed by atoms with Crippen LogP contribution < -0.4 is 5.43 Å². The van der Waals surface area contributed by atoms with Gasteiger partial charge < -0.3 is 5.43 Å². The molecule has 5 heteroatoms. The summed E-state index contributed by atoms with van der Waals surface area (Å²) in [5.41, 5.74) is 5.17. The lowest BCUT2D eigenvalue weighted by atomic mass is 10.1. The van der Waals surface area contributed by atoms with Gasteiger partial charge in [0.15, 0.2) is 5.65 Å². The molecular formula is C15H17FN4. The van der Waals surface area contributed by atoms with E-state index in [2.05, 4.69) is 31.2 Å². The lowest BCUT2D eigenvalue weighted by Crippen LogP contribution is -2.35. The number of imidazole rings is 1. The summed E-state index contributed by atoms with van der Waals surface area (Å²) in [4.78, 5) is 6.31. The van der Waals surface area contributed by atoms with Gasteiger partial charge in [-0.05, 0) is 32.9 Å². The van der Waals surface area contributed by atoms with E-state index < -0.39 is 0 Å². The van der Waals surface area contributed by atoms with Crippen LogP contribution in [0.1, 0.15) is 20.8 Å². The van der Waals surface area contributed by atoms with E-state index in [1.54, 1.807) is 12.1 Å². The molecule has 0 aliphatic rings. The van der Waals surface area contributed by atoms with Gasteiger partial charge >= 0.3 is 0 Å². The Balaban J connectivity index is 2.06. The molecule has 0 saturated carbocycles. The van der Waals surface area contributed by atoms with Crippen molar-refractivity contribution in [2.24, 2.45) is 0 Å². The summed E-state index contributed by atoms with van der Waals surface area (Å²) < 4.78 is 15.7. The van der Waals surface area contributed by atoms with Crippen molar-refractivity contribution in [2.75, 3.05) is 5.43 Å². The van der Waals surface area contributed by atoms with Crippen molar-refractivity contribution in [1.29, 1.82) is 0 Å². The summed E-state index contributed by atoms with van der Waals surface area (Å²) in [7, 11) is 0. The molecule has 0 spiro atoms. The first-order valence-electron chi connectivity index (χ1n) is 6.54. The third-order valence-corrected chi connectivity index (χ3v) is 2.91. The van der Waals surface area contributed by atoms with Gasteiger partial charge in [0.1, 0.15) is 5.82 Å². The maximum absolute atomic E-state index is 13.8. The molecule has 0 radical (unpaired) electrons. The zero-order chi connectivity index (χ0) is 14.3. The number of fused-ring (bicyclic) bond motifs is 1. The van der Waals surface area contributed by atoms with Crippen LogP contribution in [0.15, 0.2) is 42.7 Å². The minimum Gasteiger partial charge on any atom is -0.306 e. The Hall–Kier alpha value is -2.30. The van der Waals surface area contributed by atoms with Crippen molar-refractivity contribution >= 4 is 5.65 Å². The van der Waals surface area contributed by atoms with Gasteiger partial charge in [-0.1, -0.05) is 12.1 Å². The first-order chi connectivity index (χ1) is 9.44. The van der Waals surface area contributed by atoms with Crippen molar-refractivity contribution in [3.63, 3.8) is 0 Å². The third-order valence-electron chi connectivity index (χ3n) is 2.91. The van der Waals surface area contributed by atoms with Gasteiger partial charge in [0, 0.05) is 23.4 Å². The highest BCUT2D eigenvalue weighted by Gasteiger charge is 2.14. The molecule has 4 nitrogen and oxygen atoms in total. The number of halogens is 1. The first-order valence-corrected chi connectivity index (χ1v) is 6.54. The van der Waals surface area contributed by atoms with Crippen LogP contribution in [0.5, 0.6) is 0 Å². The SMILES string of the molecule is CC(C)(C)Nn1ccc2nc(-c3ccccc3F)cn21. The normalized spacial score (nSPS) is 12.0. The third kappa shape index (κ3) is 2.27. The van der Waals surface area contributed by atoms with Gasteiger partial charge in [-0.2, -0.15) is 0 Å². The van der Waals surface area contributed by atoms with E-state index in [-0.39, 0.29) is 11.4 Å². The number of rotatable bonds is 2. The number of nitrogens with zero attached hydrogens (tertiary/aromatic N) is 3. The fourth-order valence-corrected chi connectivity index (χ4v) is 2.11. The molecule has 0 bridgehead atoms. The summed E-state index contributed by atoms with van der Waals surface area (Å²) in [6.07, 6.45) is 3.73. The average molecular weight is 272 g/mol. The summed E-state index contributed by atoms with van der Waals surface area (Å²) >= 11 is 0. The van der Waals surface area contributed by atoms with Crippen molar-refractivity contribution in [2.45, 2.75) is 26.3 Å². The van der Waals surface area contributed by atoms with Gasteiger partial charge in [-0.25, -0.2) is 18.7 Å². The maximum Gasteiger partial charge on any atom is 0.155 e. The topological polar surface area (TPSA) is 34.3 Å². The molecule has 0 fully saturated rings. The van der Waals surface area contributed by atoms with Crippen LogP contribution in [0, 0.1) is 5.82 Å². The summed E-state index contributed by atoms with van der Waals surface area (Å²) in [5, 5.41) is 0. The molecule has 0 aliphatic heterocycles. The van der Waals surface area contributed by atoms with Gasteiger partial charge in [-0.15, -0.1) is 0 Å². The second-order valence-electron chi connectivity index (χ2n) is 5.83. The van der Waals surface area contributed by atoms with E-state index in [9.17, 15) is 4.39 Å². The Labute approximate surface area is 116 Å². The molecule has 3 aromatic rings. The molecule has 20 heavy (non-hydrogen) atoms. The van der Waals surface area contributed by atoms with Crippen molar-refractivity contribution in [1.82, 2.24) is 14.3 Å². The largest absolute Gasteiger partial charge is 0.306 e. The lowest BCUT2D eigenvalue weighted by Gasteiger charge is -2.23. The van der Waals surface area contributed by atoms with E-state index in [0.29, 0.717) is 11.3 Å². The van der Waals surface area contributed by atoms with E-state index in [1.165, 1.54) is 6.07 Å². The zero-order valence-electron chi connectivity index (χ0n) is 11.8. The van der Waals surface area contributed by atoms with Crippen molar-refractivity contribution < 1.29 is 4.39 Å². The van der Waals surface area contributed by atoms with Gasteiger partial charge in [0.2, 0.25) is 0 Å². The second kappa shape index (κ2) is 4.37.